The molecule has 0 heterocycles. The van der Waals surface area contributed by atoms with Crippen LogP contribution in [0.3, 0.4) is 0 Å². The molecule has 1 aliphatic carbocycles. The van der Waals surface area contributed by atoms with Gasteiger partial charge in [0.1, 0.15) is 0 Å². The lowest BCUT2D eigenvalue weighted by Crippen LogP contribution is -2.36. The van der Waals surface area contributed by atoms with Crippen LogP contribution in [0.25, 0.3) is 0 Å². The molecule has 2 nitrogen and oxygen atoms in total. The Kier molecular flexibility index (Phi) is 5.83. The lowest BCUT2D eigenvalue weighted by Gasteiger charge is -2.16. The van der Waals surface area contributed by atoms with E-state index in [0.29, 0.717) is 12.0 Å². The van der Waals surface area contributed by atoms with E-state index < -0.39 is 10.8 Å². The molecule has 1 N–H and O–H groups in total. The van der Waals surface area contributed by atoms with Gasteiger partial charge in [0.15, 0.2) is 0 Å². The Balaban J connectivity index is 2.21. The summed E-state index contributed by atoms with van der Waals surface area (Å²) in [4.78, 5) is 0. The molecule has 2 unspecified atom stereocenters. The molecule has 0 spiro atoms. The first-order chi connectivity index (χ1) is 7.13. The first-order valence-electron chi connectivity index (χ1n) is 6.21. The van der Waals surface area contributed by atoms with E-state index in [1.54, 1.807) is 0 Å². The zero-order valence-corrected chi connectivity index (χ0v) is 11.1. The average Bonchev–Trinajstić information content (AvgIpc) is 2.97. The van der Waals surface area contributed by atoms with Crippen LogP contribution in [0.4, 0.5) is 0 Å². The average molecular weight is 231 g/mol. The predicted octanol–water partition coefficient (Wildman–Crippen LogP) is 2.17. The van der Waals surface area contributed by atoms with Crippen molar-refractivity contribution in [3.05, 3.63) is 0 Å². The van der Waals surface area contributed by atoms with Crippen LogP contribution < -0.4 is 5.32 Å². The molecule has 1 fully saturated rings. The molecule has 0 aromatic rings. The topological polar surface area (TPSA) is 29.1 Å². The molecule has 0 aromatic heterocycles. The first kappa shape index (κ1) is 13.2. The van der Waals surface area contributed by atoms with Crippen LogP contribution in [0.1, 0.15) is 40.0 Å². The number of hydrogen-bond acceptors (Lipinski definition) is 2. The molecule has 0 aromatic carbocycles. The Bertz CT molecular complexity index is 202. The molecule has 0 amide bonds. The van der Waals surface area contributed by atoms with Gasteiger partial charge in [-0.1, -0.05) is 20.8 Å². The van der Waals surface area contributed by atoms with Gasteiger partial charge in [-0.2, -0.15) is 0 Å². The number of nitrogens with one attached hydrogen (secondary N) is 1. The van der Waals surface area contributed by atoms with Crippen LogP contribution in [-0.4, -0.2) is 28.3 Å². The van der Waals surface area contributed by atoms with Crippen LogP contribution >= 0.6 is 0 Å². The molecule has 0 saturated heterocycles. The molecule has 0 bridgehead atoms. The van der Waals surface area contributed by atoms with Gasteiger partial charge in [0.05, 0.1) is 0 Å². The van der Waals surface area contributed by atoms with Gasteiger partial charge >= 0.3 is 0 Å². The molecule has 3 heteroatoms. The van der Waals surface area contributed by atoms with Crippen molar-refractivity contribution in [2.75, 3.05) is 18.1 Å². The van der Waals surface area contributed by atoms with Crippen molar-refractivity contribution in [1.29, 1.82) is 0 Å². The summed E-state index contributed by atoms with van der Waals surface area (Å²) in [5.41, 5.74) is 0. The summed E-state index contributed by atoms with van der Waals surface area (Å²) in [5.74, 6) is 3.23. The fourth-order valence-electron chi connectivity index (χ4n) is 1.77. The van der Waals surface area contributed by atoms with Gasteiger partial charge in [-0.15, -0.1) is 0 Å². The van der Waals surface area contributed by atoms with E-state index in [1.807, 2.05) is 0 Å². The normalized spacial score (nSPS) is 20.5. The van der Waals surface area contributed by atoms with Crippen molar-refractivity contribution in [2.45, 2.75) is 46.1 Å². The molecule has 1 rings (SSSR count). The first-order valence-corrected chi connectivity index (χ1v) is 7.70. The van der Waals surface area contributed by atoms with Crippen LogP contribution in [-0.2, 0) is 10.8 Å². The zero-order valence-electron chi connectivity index (χ0n) is 10.3. The van der Waals surface area contributed by atoms with E-state index in [4.69, 9.17) is 0 Å². The van der Waals surface area contributed by atoms with Gasteiger partial charge in [-0.05, 0) is 37.6 Å². The summed E-state index contributed by atoms with van der Waals surface area (Å²) in [6.07, 6.45) is 3.76. The summed E-state index contributed by atoms with van der Waals surface area (Å²) in [5, 5.41) is 3.47. The Labute approximate surface area is 96.7 Å². The van der Waals surface area contributed by atoms with Crippen molar-refractivity contribution < 1.29 is 4.21 Å². The second-order valence-corrected chi connectivity index (χ2v) is 6.62. The Hall–Kier alpha value is 0.110. The van der Waals surface area contributed by atoms with E-state index in [2.05, 4.69) is 26.1 Å². The summed E-state index contributed by atoms with van der Waals surface area (Å²) in [6.45, 7) is 7.52. The monoisotopic (exact) mass is 231 g/mol. The third-order valence-electron chi connectivity index (χ3n) is 2.95. The molecule has 0 radical (unpaired) electrons. The SMILES string of the molecule is CCNC(CS(=O)CCC(C)C)C1CC1. The van der Waals surface area contributed by atoms with Gasteiger partial charge < -0.3 is 5.32 Å². The Morgan fingerprint density at radius 1 is 1.40 bits per heavy atom. The minimum absolute atomic E-state index is 0.517. The highest BCUT2D eigenvalue weighted by Gasteiger charge is 2.31. The molecule has 2 atom stereocenters. The fraction of sp³-hybridized carbons (Fsp3) is 1.00. The van der Waals surface area contributed by atoms with E-state index >= 15 is 0 Å². The highest BCUT2D eigenvalue weighted by Crippen LogP contribution is 2.33. The largest absolute Gasteiger partial charge is 0.313 e. The van der Waals surface area contributed by atoms with E-state index in [9.17, 15) is 4.21 Å². The maximum atomic E-state index is 11.8. The quantitative estimate of drug-likeness (QED) is 0.693. The number of rotatable bonds is 8. The summed E-state index contributed by atoms with van der Waals surface area (Å²) < 4.78 is 11.8. The predicted molar refractivity (Wildman–Crippen MR) is 67.5 cm³/mol. The minimum atomic E-state index is -0.615. The second-order valence-electron chi connectivity index (χ2n) is 4.99. The molecular weight excluding hydrogens is 206 g/mol. The van der Waals surface area contributed by atoms with Crippen LogP contribution in [0, 0.1) is 11.8 Å². The number of hydrogen-bond donors (Lipinski definition) is 1. The van der Waals surface area contributed by atoms with Crippen molar-refractivity contribution in [3.8, 4) is 0 Å². The zero-order chi connectivity index (χ0) is 11.3. The maximum Gasteiger partial charge on any atom is 0.0391 e. The molecule has 15 heavy (non-hydrogen) atoms. The third kappa shape index (κ3) is 5.67. The van der Waals surface area contributed by atoms with Crippen molar-refractivity contribution in [3.63, 3.8) is 0 Å². The Morgan fingerprint density at radius 2 is 2.07 bits per heavy atom. The van der Waals surface area contributed by atoms with Gasteiger partial charge in [-0.3, -0.25) is 4.21 Å². The Morgan fingerprint density at radius 3 is 2.53 bits per heavy atom. The minimum Gasteiger partial charge on any atom is -0.313 e. The van der Waals surface area contributed by atoms with Crippen LogP contribution in [0.5, 0.6) is 0 Å². The molecule has 1 saturated carbocycles. The van der Waals surface area contributed by atoms with Crippen molar-refractivity contribution in [2.24, 2.45) is 11.8 Å². The van der Waals surface area contributed by atoms with Gasteiger partial charge in [0.25, 0.3) is 0 Å². The molecule has 90 valence electrons. The van der Waals surface area contributed by atoms with Crippen molar-refractivity contribution in [1.82, 2.24) is 5.32 Å². The van der Waals surface area contributed by atoms with E-state index in [0.717, 1.165) is 30.4 Å². The van der Waals surface area contributed by atoms with Crippen LogP contribution in [0.2, 0.25) is 0 Å². The van der Waals surface area contributed by atoms with Crippen LogP contribution in [0.15, 0.2) is 0 Å². The van der Waals surface area contributed by atoms with E-state index in [-0.39, 0.29) is 0 Å². The molecule has 0 aliphatic heterocycles. The molecule has 1 aliphatic rings. The lowest BCUT2D eigenvalue weighted by atomic mass is 10.2. The van der Waals surface area contributed by atoms with Gasteiger partial charge in [-0.25, -0.2) is 0 Å². The highest BCUT2D eigenvalue weighted by atomic mass is 32.2. The summed E-state index contributed by atoms with van der Waals surface area (Å²) in [7, 11) is -0.615. The van der Waals surface area contributed by atoms with E-state index in [1.165, 1.54) is 12.8 Å². The lowest BCUT2D eigenvalue weighted by molar-refractivity contribution is 0.513. The summed E-state index contributed by atoms with van der Waals surface area (Å²) in [6, 6.07) is 0.517. The maximum absolute atomic E-state index is 11.8. The fourth-order valence-corrected chi connectivity index (χ4v) is 3.46. The van der Waals surface area contributed by atoms with Gasteiger partial charge in [0, 0.05) is 28.3 Å². The third-order valence-corrected chi connectivity index (χ3v) is 4.37. The smallest absolute Gasteiger partial charge is 0.0391 e. The summed E-state index contributed by atoms with van der Waals surface area (Å²) >= 11 is 0. The van der Waals surface area contributed by atoms with Gasteiger partial charge in [0.2, 0.25) is 0 Å². The van der Waals surface area contributed by atoms with Crippen molar-refractivity contribution >= 4 is 10.8 Å². The standard InChI is InChI=1S/C12H25NOS/c1-4-13-12(11-5-6-11)9-15(14)8-7-10(2)3/h10-13H,4-9H2,1-3H3. The second kappa shape index (κ2) is 6.64. The highest BCUT2D eigenvalue weighted by molar-refractivity contribution is 7.85. The molecular formula is C12H25NOS.